The van der Waals surface area contributed by atoms with Crippen LogP contribution in [-0.4, -0.2) is 12.2 Å². The lowest BCUT2D eigenvalue weighted by Crippen LogP contribution is -1.86. The summed E-state index contributed by atoms with van der Waals surface area (Å²) >= 11 is 0. The number of rotatable bonds is 1. The van der Waals surface area contributed by atoms with E-state index in [2.05, 4.69) is 11.8 Å². The normalized spacial score (nSPS) is 9.95. The van der Waals surface area contributed by atoms with Crippen LogP contribution in [-0.2, 0) is 0 Å². The summed E-state index contributed by atoms with van der Waals surface area (Å²) in [6.45, 7) is 0. The van der Waals surface area contributed by atoms with Gasteiger partial charge in [0.2, 0.25) is 0 Å². The number of ether oxygens (including phenoxy) is 1. The Morgan fingerprint density at radius 2 is 1.67 bits per heavy atom. The summed E-state index contributed by atoms with van der Waals surface area (Å²) < 4.78 is 5.25. The Kier molecular flexibility index (Phi) is 3.49. The predicted molar refractivity (Wildman–Crippen MR) is 84.6 cm³/mol. The van der Waals surface area contributed by atoms with E-state index in [1.807, 2.05) is 54.6 Å². The molecule has 0 bridgehead atoms. The quantitative estimate of drug-likeness (QED) is 0.681. The minimum atomic E-state index is 0.180. The first-order valence-electron chi connectivity index (χ1n) is 6.65. The first-order chi connectivity index (χ1) is 10.3. The van der Waals surface area contributed by atoms with Crippen LogP contribution >= 0.6 is 0 Å². The zero-order chi connectivity index (χ0) is 14.7. The summed E-state index contributed by atoms with van der Waals surface area (Å²) in [5, 5.41) is 12.0. The second kappa shape index (κ2) is 5.60. The van der Waals surface area contributed by atoms with Gasteiger partial charge in [0.25, 0.3) is 0 Å². The Bertz CT molecular complexity index is 840. The van der Waals surface area contributed by atoms with E-state index in [0.717, 1.165) is 22.1 Å². The maximum Gasteiger partial charge on any atom is 0.131 e. The number of hydrogen-bond acceptors (Lipinski definition) is 2. The van der Waals surface area contributed by atoms with E-state index < -0.39 is 0 Å². The number of fused-ring (bicyclic) bond motifs is 1. The third-order valence-corrected chi connectivity index (χ3v) is 3.31. The van der Waals surface area contributed by atoms with E-state index in [-0.39, 0.29) is 5.75 Å². The number of methoxy groups -OCH3 is 1. The van der Waals surface area contributed by atoms with Crippen LogP contribution in [0.3, 0.4) is 0 Å². The number of benzene rings is 3. The third kappa shape index (κ3) is 2.68. The fourth-order valence-electron chi connectivity index (χ4n) is 2.20. The van der Waals surface area contributed by atoms with E-state index in [1.54, 1.807) is 13.2 Å². The first-order valence-corrected chi connectivity index (χ1v) is 6.65. The molecule has 0 aromatic heterocycles. The molecule has 21 heavy (non-hydrogen) atoms. The van der Waals surface area contributed by atoms with E-state index in [0.29, 0.717) is 5.56 Å². The number of phenols is 1. The van der Waals surface area contributed by atoms with E-state index in [1.165, 1.54) is 0 Å². The average molecular weight is 274 g/mol. The van der Waals surface area contributed by atoms with Crippen LogP contribution in [0.2, 0.25) is 0 Å². The third-order valence-electron chi connectivity index (χ3n) is 3.31. The molecule has 0 amide bonds. The minimum absolute atomic E-state index is 0.180. The summed E-state index contributed by atoms with van der Waals surface area (Å²) in [7, 11) is 1.62. The molecule has 0 radical (unpaired) electrons. The highest BCUT2D eigenvalue weighted by molar-refractivity contribution is 5.91. The molecule has 0 spiro atoms. The first kappa shape index (κ1) is 13.1. The second-order valence-corrected chi connectivity index (χ2v) is 4.66. The summed E-state index contributed by atoms with van der Waals surface area (Å²) in [6, 6.07) is 19.0. The van der Waals surface area contributed by atoms with Crippen molar-refractivity contribution in [2.24, 2.45) is 0 Å². The van der Waals surface area contributed by atoms with Crippen molar-refractivity contribution in [3.05, 3.63) is 71.8 Å². The van der Waals surface area contributed by atoms with Gasteiger partial charge in [-0.15, -0.1) is 0 Å². The van der Waals surface area contributed by atoms with Gasteiger partial charge in [-0.2, -0.15) is 0 Å². The van der Waals surface area contributed by atoms with Crippen LogP contribution in [0.1, 0.15) is 11.1 Å². The lowest BCUT2D eigenvalue weighted by Gasteiger charge is -2.06. The maximum absolute atomic E-state index is 10.1. The van der Waals surface area contributed by atoms with Gasteiger partial charge in [-0.05, 0) is 35.7 Å². The van der Waals surface area contributed by atoms with Crippen molar-refractivity contribution < 1.29 is 9.84 Å². The Labute approximate surface area is 123 Å². The van der Waals surface area contributed by atoms with Gasteiger partial charge < -0.3 is 9.84 Å². The molecule has 0 saturated carbocycles. The highest BCUT2D eigenvalue weighted by Crippen LogP contribution is 2.29. The van der Waals surface area contributed by atoms with Crippen molar-refractivity contribution in [1.82, 2.24) is 0 Å². The molecule has 0 unspecified atom stereocenters. The van der Waals surface area contributed by atoms with Crippen molar-refractivity contribution in [2.45, 2.75) is 0 Å². The van der Waals surface area contributed by atoms with Crippen LogP contribution < -0.4 is 4.74 Å². The van der Waals surface area contributed by atoms with Crippen LogP contribution in [0.4, 0.5) is 0 Å². The molecule has 0 aliphatic rings. The van der Waals surface area contributed by atoms with Gasteiger partial charge in [0.1, 0.15) is 11.5 Å². The molecule has 102 valence electrons. The second-order valence-electron chi connectivity index (χ2n) is 4.66. The fourth-order valence-corrected chi connectivity index (χ4v) is 2.20. The van der Waals surface area contributed by atoms with Crippen LogP contribution in [0, 0.1) is 11.8 Å². The van der Waals surface area contributed by atoms with E-state index in [9.17, 15) is 5.11 Å². The fraction of sp³-hybridized carbons (Fsp3) is 0.0526. The Balaban J connectivity index is 2.17. The molecular weight excluding hydrogens is 260 g/mol. The summed E-state index contributed by atoms with van der Waals surface area (Å²) in [5.74, 6) is 7.07. The van der Waals surface area contributed by atoms with Crippen molar-refractivity contribution in [2.75, 3.05) is 7.11 Å². The standard InChI is InChI=1S/C19H14O2/c1-21-16-10-8-15-9-12-19(20)17(18(15)13-16)11-7-14-5-3-2-4-6-14/h2-6,8-10,12-13,20H,1H3. The monoisotopic (exact) mass is 274 g/mol. The molecule has 0 fully saturated rings. The van der Waals surface area contributed by atoms with Gasteiger partial charge in [-0.25, -0.2) is 0 Å². The maximum atomic E-state index is 10.1. The molecule has 3 aromatic rings. The average Bonchev–Trinajstić information content (AvgIpc) is 2.54. The van der Waals surface area contributed by atoms with Crippen molar-refractivity contribution in [3.8, 4) is 23.3 Å². The lowest BCUT2D eigenvalue weighted by atomic mass is 10.0. The van der Waals surface area contributed by atoms with Crippen LogP contribution in [0.5, 0.6) is 11.5 Å². The van der Waals surface area contributed by atoms with Gasteiger partial charge in [0, 0.05) is 10.9 Å². The largest absolute Gasteiger partial charge is 0.507 e. The molecule has 2 nitrogen and oxygen atoms in total. The van der Waals surface area contributed by atoms with Gasteiger partial charge in [-0.1, -0.05) is 42.2 Å². The lowest BCUT2D eigenvalue weighted by molar-refractivity contribution is 0.415. The van der Waals surface area contributed by atoms with E-state index in [4.69, 9.17) is 4.74 Å². The van der Waals surface area contributed by atoms with Crippen LogP contribution in [0.25, 0.3) is 10.8 Å². The minimum Gasteiger partial charge on any atom is -0.507 e. The number of hydrogen-bond donors (Lipinski definition) is 1. The molecule has 0 saturated heterocycles. The Morgan fingerprint density at radius 3 is 2.43 bits per heavy atom. The summed E-state index contributed by atoms with van der Waals surface area (Å²) in [4.78, 5) is 0. The van der Waals surface area contributed by atoms with Gasteiger partial charge in [0.05, 0.1) is 12.7 Å². The predicted octanol–water partition coefficient (Wildman–Crippen LogP) is 3.95. The van der Waals surface area contributed by atoms with Crippen LogP contribution in [0.15, 0.2) is 60.7 Å². The van der Waals surface area contributed by atoms with Gasteiger partial charge in [0.15, 0.2) is 0 Å². The van der Waals surface area contributed by atoms with Crippen molar-refractivity contribution in [1.29, 1.82) is 0 Å². The zero-order valence-electron chi connectivity index (χ0n) is 11.6. The number of aromatic hydroxyl groups is 1. The molecule has 1 N–H and O–H groups in total. The molecule has 0 atom stereocenters. The summed E-state index contributed by atoms with van der Waals surface area (Å²) in [5.41, 5.74) is 1.53. The molecular formula is C19H14O2. The molecule has 0 heterocycles. The molecule has 0 aliphatic heterocycles. The van der Waals surface area contributed by atoms with Gasteiger partial charge >= 0.3 is 0 Å². The highest BCUT2D eigenvalue weighted by Gasteiger charge is 2.06. The topological polar surface area (TPSA) is 29.5 Å². The molecule has 3 aromatic carbocycles. The zero-order valence-corrected chi connectivity index (χ0v) is 11.6. The molecule has 2 heteroatoms. The SMILES string of the molecule is COc1ccc2ccc(O)c(C#Cc3ccccc3)c2c1. The highest BCUT2D eigenvalue weighted by atomic mass is 16.5. The van der Waals surface area contributed by atoms with E-state index >= 15 is 0 Å². The molecule has 0 aliphatic carbocycles. The molecule has 3 rings (SSSR count). The van der Waals surface area contributed by atoms with Gasteiger partial charge in [-0.3, -0.25) is 0 Å². The number of phenolic OH excluding ortho intramolecular Hbond substituents is 1. The summed E-state index contributed by atoms with van der Waals surface area (Å²) in [6.07, 6.45) is 0. The Morgan fingerprint density at radius 1 is 0.905 bits per heavy atom. The van der Waals surface area contributed by atoms with Crippen molar-refractivity contribution in [3.63, 3.8) is 0 Å². The smallest absolute Gasteiger partial charge is 0.131 e. The Hall–Kier alpha value is -2.92. The van der Waals surface area contributed by atoms with Crippen molar-refractivity contribution >= 4 is 10.8 Å².